The van der Waals surface area contributed by atoms with Gasteiger partial charge in [-0.25, -0.2) is 0 Å². The Balaban J connectivity index is 2.94. The number of amides is 1. The summed E-state index contributed by atoms with van der Waals surface area (Å²) in [5.74, 6) is -0.270. The second-order valence-electron chi connectivity index (χ2n) is 4.17. The number of ether oxygens (including phenoxy) is 1. The Morgan fingerprint density at radius 3 is 2.58 bits per heavy atom. The minimum atomic E-state index is -2.90. The summed E-state index contributed by atoms with van der Waals surface area (Å²) in [7, 11) is 0. The lowest BCUT2D eigenvalue weighted by Crippen LogP contribution is -2.40. The number of para-hydroxylation sites is 1. The average molecular weight is 272 g/mol. The van der Waals surface area contributed by atoms with Crippen molar-refractivity contribution in [1.29, 1.82) is 0 Å². The molecule has 6 heteroatoms. The summed E-state index contributed by atoms with van der Waals surface area (Å²) in [6, 6.07) is 5.33. The molecule has 0 spiro atoms. The Kier molecular flexibility index (Phi) is 5.69. The lowest BCUT2D eigenvalue weighted by Gasteiger charge is -2.21. The van der Waals surface area contributed by atoms with Crippen molar-refractivity contribution in [2.75, 3.05) is 0 Å². The molecule has 0 aliphatic heterocycles. The second kappa shape index (κ2) is 7.04. The number of hydrogen-bond acceptors (Lipinski definition) is 3. The molecule has 0 aliphatic carbocycles. The van der Waals surface area contributed by atoms with E-state index in [4.69, 9.17) is 5.73 Å². The van der Waals surface area contributed by atoms with Gasteiger partial charge in [-0.1, -0.05) is 25.1 Å². The fourth-order valence-electron chi connectivity index (χ4n) is 1.67. The standard InChI is InChI=1S/C13H18F2N2O2/c1-3-10(17-12(18)8(2)16)9-6-4-5-7-11(9)19-13(14)15/h4-8,10,13H,3,16H2,1-2H3,(H,17,18). The first-order chi connectivity index (χ1) is 8.95. The van der Waals surface area contributed by atoms with Crippen molar-refractivity contribution < 1.29 is 18.3 Å². The van der Waals surface area contributed by atoms with Crippen LogP contribution in [0.5, 0.6) is 5.75 Å². The first kappa shape index (κ1) is 15.4. The quantitative estimate of drug-likeness (QED) is 0.834. The lowest BCUT2D eigenvalue weighted by atomic mass is 10.0. The molecule has 0 aromatic heterocycles. The maximum absolute atomic E-state index is 12.3. The molecule has 3 N–H and O–H groups in total. The molecule has 1 aromatic carbocycles. The molecule has 0 fully saturated rings. The van der Waals surface area contributed by atoms with Crippen molar-refractivity contribution in [3.05, 3.63) is 29.8 Å². The van der Waals surface area contributed by atoms with E-state index in [-0.39, 0.29) is 11.7 Å². The molecule has 0 saturated carbocycles. The average Bonchev–Trinajstić information content (AvgIpc) is 2.35. The van der Waals surface area contributed by atoms with Crippen molar-refractivity contribution in [1.82, 2.24) is 5.32 Å². The van der Waals surface area contributed by atoms with E-state index in [1.165, 1.54) is 6.07 Å². The molecule has 2 atom stereocenters. The first-order valence-corrected chi connectivity index (χ1v) is 6.05. The summed E-state index contributed by atoms with van der Waals surface area (Å²) in [6.07, 6.45) is 0.544. The van der Waals surface area contributed by atoms with Crippen LogP contribution in [0.15, 0.2) is 24.3 Å². The third-order valence-corrected chi connectivity index (χ3v) is 2.65. The number of nitrogens with two attached hydrogens (primary N) is 1. The zero-order chi connectivity index (χ0) is 14.4. The van der Waals surface area contributed by atoms with Crippen molar-refractivity contribution in [3.8, 4) is 5.75 Å². The number of halogens is 2. The molecule has 0 aliphatic rings. The Bertz CT molecular complexity index is 425. The van der Waals surface area contributed by atoms with E-state index >= 15 is 0 Å². The largest absolute Gasteiger partial charge is 0.434 e. The van der Waals surface area contributed by atoms with Gasteiger partial charge in [0.1, 0.15) is 5.75 Å². The van der Waals surface area contributed by atoms with Crippen LogP contribution in [0, 0.1) is 0 Å². The van der Waals surface area contributed by atoms with Crippen LogP contribution >= 0.6 is 0 Å². The molecule has 1 aromatic rings. The van der Waals surface area contributed by atoms with E-state index in [0.717, 1.165) is 0 Å². The van der Waals surface area contributed by atoms with Crippen LogP contribution in [0.25, 0.3) is 0 Å². The molecule has 106 valence electrons. The van der Waals surface area contributed by atoms with Crippen LogP contribution in [-0.4, -0.2) is 18.6 Å². The monoisotopic (exact) mass is 272 g/mol. The van der Waals surface area contributed by atoms with Gasteiger partial charge >= 0.3 is 6.61 Å². The zero-order valence-corrected chi connectivity index (χ0v) is 10.9. The minimum absolute atomic E-state index is 0.0642. The van der Waals surface area contributed by atoms with Gasteiger partial charge in [0.2, 0.25) is 5.91 Å². The summed E-state index contributed by atoms with van der Waals surface area (Å²) >= 11 is 0. The Morgan fingerprint density at radius 1 is 1.42 bits per heavy atom. The van der Waals surface area contributed by atoms with Crippen LogP contribution in [0.4, 0.5) is 8.78 Å². The number of alkyl halides is 2. The summed E-state index contributed by atoms with van der Waals surface area (Å²) in [5.41, 5.74) is 5.99. The maximum Gasteiger partial charge on any atom is 0.387 e. The second-order valence-corrected chi connectivity index (χ2v) is 4.17. The fraction of sp³-hybridized carbons (Fsp3) is 0.462. The number of hydrogen-bond donors (Lipinski definition) is 2. The molecule has 19 heavy (non-hydrogen) atoms. The van der Waals surface area contributed by atoms with Gasteiger partial charge in [0.25, 0.3) is 0 Å². The van der Waals surface area contributed by atoms with Gasteiger partial charge in [0, 0.05) is 5.56 Å². The first-order valence-electron chi connectivity index (χ1n) is 6.05. The van der Waals surface area contributed by atoms with Crippen LogP contribution in [0.2, 0.25) is 0 Å². The summed E-state index contributed by atoms with van der Waals surface area (Å²) < 4.78 is 29.1. The van der Waals surface area contributed by atoms with Gasteiger partial charge < -0.3 is 15.8 Å². The highest BCUT2D eigenvalue weighted by Crippen LogP contribution is 2.28. The molecule has 4 nitrogen and oxygen atoms in total. The molecule has 1 amide bonds. The third kappa shape index (κ3) is 4.48. The molecule has 1 rings (SSSR count). The van der Waals surface area contributed by atoms with E-state index in [9.17, 15) is 13.6 Å². The highest BCUT2D eigenvalue weighted by atomic mass is 19.3. The Morgan fingerprint density at radius 2 is 2.05 bits per heavy atom. The minimum Gasteiger partial charge on any atom is -0.434 e. The normalized spacial score (nSPS) is 14.0. The molecule has 0 radical (unpaired) electrons. The number of rotatable bonds is 6. The van der Waals surface area contributed by atoms with E-state index in [0.29, 0.717) is 12.0 Å². The van der Waals surface area contributed by atoms with Crippen molar-refractivity contribution in [2.45, 2.75) is 39.0 Å². The van der Waals surface area contributed by atoms with E-state index < -0.39 is 18.7 Å². The van der Waals surface area contributed by atoms with E-state index in [1.54, 1.807) is 25.1 Å². The van der Waals surface area contributed by atoms with Crippen LogP contribution in [-0.2, 0) is 4.79 Å². The van der Waals surface area contributed by atoms with Crippen LogP contribution in [0.1, 0.15) is 31.9 Å². The van der Waals surface area contributed by atoms with Gasteiger partial charge in [-0.15, -0.1) is 0 Å². The van der Waals surface area contributed by atoms with Gasteiger partial charge in [-0.05, 0) is 19.4 Å². The number of carbonyl (C=O) groups excluding carboxylic acids is 1. The van der Waals surface area contributed by atoms with Crippen LogP contribution in [0.3, 0.4) is 0 Å². The fourth-order valence-corrected chi connectivity index (χ4v) is 1.67. The Hall–Kier alpha value is -1.69. The van der Waals surface area contributed by atoms with Crippen molar-refractivity contribution >= 4 is 5.91 Å². The van der Waals surface area contributed by atoms with Gasteiger partial charge in [0.15, 0.2) is 0 Å². The smallest absolute Gasteiger partial charge is 0.387 e. The van der Waals surface area contributed by atoms with Gasteiger partial charge in [-0.2, -0.15) is 8.78 Å². The number of nitrogens with one attached hydrogen (secondary N) is 1. The van der Waals surface area contributed by atoms with Crippen molar-refractivity contribution in [3.63, 3.8) is 0 Å². The highest BCUT2D eigenvalue weighted by molar-refractivity contribution is 5.81. The summed E-state index contributed by atoms with van der Waals surface area (Å²) in [6.45, 7) is 0.498. The van der Waals surface area contributed by atoms with Crippen molar-refractivity contribution in [2.24, 2.45) is 5.73 Å². The molecule has 2 unspecified atom stereocenters. The topological polar surface area (TPSA) is 64.4 Å². The molecular weight excluding hydrogens is 254 g/mol. The maximum atomic E-state index is 12.3. The SMILES string of the molecule is CCC(NC(=O)C(C)N)c1ccccc1OC(F)F. The zero-order valence-electron chi connectivity index (χ0n) is 10.9. The molecule has 0 heterocycles. The van der Waals surface area contributed by atoms with E-state index in [2.05, 4.69) is 10.1 Å². The van der Waals surface area contributed by atoms with Crippen LogP contribution < -0.4 is 15.8 Å². The van der Waals surface area contributed by atoms with E-state index in [1.807, 2.05) is 6.92 Å². The number of carbonyl (C=O) groups is 1. The van der Waals surface area contributed by atoms with Gasteiger partial charge in [-0.3, -0.25) is 4.79 Å². The molecule has 0 saturated heterocycles. The summed E-state index contributed by atoms with van der Waals surface area (Å²) in [4.78, 5) is 11.6. The Labute approximate surface area is 110 Å². The lowest BCUT2D eigenvalue weighted by molar-refractivity contribution is -0.122. The molecule has 0 bridgehead atoms. The van der Waals surface area contributed by atoms with Gasteiger partial charge in [0.05, 0.1) is 12.1 Å². The highest BCUT2D eigenvalue weighted by Gasteiger charge is 2.19. The molecular formula is C13H18F2N2O2. The number of benzene rings is 1. The predicted molar refractivity (Wildman–Crippen MR) is 67.9 cm³/mol. The predicted octanol–water partition coefficient (Wildman–Crippen LogP) is 2.20. The third-order valence-electron chi connectivity index (χ3n) is 2.65. The summed E-state index contributed by atoms with van der Waals surface area (Å²) in [5, 5.41) is 2.71.